The number of aliphatic hydroxyl groups is 4. The second-order valence-corrected chi connectivity index (χ2v) is 37.0. The van der Waals surface area contributed by atoms with Crippen molar-refractivity contribution in [2.24, 2.45) is 17.3 Å². The first kappa shape index (κ1) is 108. The lowest BCUT2D eigenvalue weighted by Gasteiger charge is -2.43. The topological polar surface area (TPSA) is 180 Å². The molecule has 2 aliphatic rings. The number of hydrogen-bond donors (Lipinski definition) is 5. The van der Waals surface area contributed by atoms with Gasteiger partial charge in [-0.25, -0.2) is 0 Å². The monoisotopic (exact) mass is 1630 g/mol. The standard InChI is InChI=1S/C106H180O11/c1-13-14-15-16-17-18-19-20-21-22-25-28-33-38-43-48-53-58-78-94(97(108)79-59-54-49-44-39-34-29-26-23-24-27-31-36-41-46-51-56-67-87(2)68-57-52-47-42-37-32-30-35-40-45-50-55-60-80-99(109)110)103(114)115-86-98-100(111)101(112)102(113)104(116-98)117-106(11,12)84-66-77-91(6)75-64-74-90(5)73-63-71-88(3)69-61-62-70-89(4)72-65-76-92(7)81-82-95-93(8)96(107)83-85-105(95,9)10/h57,61-65,68-76,81-82,87,94,97-98,100-102,104,108,111-113H,13-56,58-60,66-67,77-80,83-86H2,1-12H3,(H,109,110). The molecule has 0 saturated carbocycles. The lowest BCUT2D eigenvalue weighted by molar-refractivity contribution is -0.324. The van der Waals surface area contributed by atoms with E-state index in [9.17, 15) is 34.8 Å². The average molecular weight is 1630 g/mol. The van der Waals surface area contributed by atoms with Crippen molar-refractivity contribution in [2.75, 3.05) is 6.61 Å². The van der Waals surface area contributed by atoms with Crippen molar-refractivity contribution < 1.29 is 54.1 Å². The molecule has 2 rings (SSSR count). The van der Waals surface area contributed by atoms with Crippen molar-refractivity contribution in [3.05, 3.63) is 142 Å². The molecule has 0 aromatic carbocycles. The maximum atomic E-state index is 14.1. The number of allylic oxidation sites excluding steroid dienone is 24. The number of unbranched alkanes of at least 4 members (excludes halogenated alkanes) is 44. The van der Waals surface area contributed by atoms with Gasteiger partial charge in [0, 0.05) is 12.8 Å². The van der Waals surface area contributed by atoms with E-state index in [1.165, 1.54) is 262 Å². The Morgan fingerprint density at radius 3 is 1.34 bits per heavy atom. The van der Waals surface area contributed by atoms with Crippen molar-refractivity contribution in [3.8, 4) is 0 Å². The highest BCUT2D eigenvalue weighted by Gasteiger charge is 2.47. The van der Waals surface area contributed by atoms with Crippen LogP contribution < -0.4 is 0 Å². The molecule has 117 heavy (non-hydrogen) atoms. The minimum atomic E-state index is -1.57. The number of aliphatic hydroxyl groups excluding tert-OH is 4. The second-order valence-electron chi connectivity index (χ2n) is 37.0. The predicted molar refractivity (Wildman–Crippen MR) is 498 cm³/mol. The number of hydrogen-bond acceptors (Lipinski definition) is 10. The van der Waals surface area contributed by atoms with Gasteiger partial charge >= 0.3 is 11.9 Å². The SMILES string of the molecule is CCCCCCCCCCCCCCCCCCCCC(C(=O)OCC1OC(OC(C)(C)CCCC(C)=CC=CC(C)=CC=CC(C)=CC=CC=C(C)C=CC=C(C)C=CC2=C(C)C(=O)CCC2(C)C)C(O)C(O)C1O)C(O)CCCCCCCCCCCCCCCCCCCC(C)C=CCCCCCCCCCCCCCC(=O)O. The number of carboxylic acids is 1. The summed E-state index contributed by atoms with van der Waals surface area (Å²) >= 11 is 0. The number of esters is 1. The summed E-state index contributed by atoms with van der Waals surface area (Å²) in [5.41, 5.74) is 7.02. The zero-order valence-corrected chi connectivity index (χ0v) is 77.4. The summed E-state index contributed by atoms with van der Waals surface area (Å²) in [6.07, 6.45) is 94.4. The first-order valence-electron chi connectivity index (χ1n) is 48.5. The molecule has 0 spiro atoms. The van der Waals surface area contributed by atoms with E-state index in [1.54, 1.807) is 0 Å². The fourth-order valence-corrected chi connectivity index (χ4v) is 16.3. The number of carboxylic acid groups (broad SMARTS) is 1. The quantitative estimate of drug-likeness (QED) is 0.0169. The summed E-state index contributed by atoms with van der Waals surface area (Å²) in [6, 6.07) is 0. The molecule has 5 N–H and O–H groups in total. The van der Waals surface area contributed by atoms with Crippen LogP contribution in [0.5, 0.6) is 0 Å². The fourth-order valence-electron chi connectivity index (χ4n) is 16.3. The first-order valence-corrected chi connectivity index (χ1v) is 48.5. The number of ketones is 1. The fraction of sp³-hybridized carbons (Fsp3) is 0.745. The van der Waals surface area contributed by atoms with Gasteiger partial charge in [-0.1, -0.05) is 441 Å². The van der Waals surface area contributed by atoms with E-state index in [4.69, 9.17) is 19.3 Å². The Morgan fingerprint density at radius 1 is 0.496 bits per heavy atom. The molecule has 1 fully saturated rings. The highest BCUT2D eigenvalue weighted by atomic mass is 16.7. The molecule has 0 radical (unpaired) electrons. The molecule has 0 amide bonds. The summed E-state index contributed by atoms with van der Waals surface area (Å²) in [6.45, 7) is 25.0. The van der Waals surface area contributed by atoms with Crippen LogP contribution in [0.3, 0.4) is 0 Å². The van der Waals surface area contributed by atoms with E-state index in [2.05, 4.69) is 166 Å². The number of Topliss-reactive ketones (excluding diaryl/α,β-unsaturated/α-hetero) is 1. The zero-order chi connectivity index (χ0) is 85.8. The Labute approximate surface area is 719 Å². The van der Waals surface area contributed by atoms with E-state index >= 15 is 0 Å². The van der Waals surface area contributed by atoms with Crippen LogP contribution in [0.4, 0.5) is 0 Å². The predicted octanol–water partition coefficient (Wildman–Crippen LogP) is 29.7. The van der Waals surface area contributed by atoms with Crippen molar-refractivity contribution in [3.63, 3.8) is 0 Å². The van der Waals surface area contributed by atoms with E-state index in [1.807, 2.05) is 20.8 Å². The Morgan fingerprint density at radius 2 is 0.889 bits per heavy atom. The van der Waals surface area contributed by atoms with Gasteiger partial charge in [-0.2, -0.15) is 0 Å². The number of rotatable bonds is 74. The van der Waals surface area contributed by atoms with Gasteiger partial charge in [0.25, 0.3) is 0 Å². The van der Waals surface area contributed by atoms with Gasteiger partial charge in [0.15, 0.2) is 12.1 Å². The number of ether oxygens (including phenoxy) is 3. The Hall–Kier alpha value is -4.75. The van der Waals surface area contributed by atoms with Gasteiger partial charge in [-0.15, -0.1) is 0 Å². The van der Waals surface area contributed by atoms with Crippen molar-refractivity contribution in [1.82, 2.24) is 0 Å². The third-order valence-electron chi connectivity index (χ3n) is 24.4. The number of aliphatic carboxylic acids is 1. The van der Waals surface area contributed by atoms with Crippen LogP contribution in [0, 0.1) is 17.3 Å². The van der Waals surface area contributed by atoms with Crippen LogP contribution in [0.25, 0.3) is 0 Å². The molecule has 0 bridgehead atoms. The third kappa shape index (κ3) is 58.8. The van der Waals surface area contributed by atoms with Gasteiger partial charge < -0.3 is 39.7 Å². The molecule has 8 atom stereocenters. The number of carbonyl (C=O) groups excluding carboxylic acids is 2. The molecule has 8 unspecified atom stereocenters. The van der Waals surface area contributed by atoms with Crippen LogP contribution in [0.2, 0.25) is 0 Å². The summed E-state index contributed by atoms with van der Waals surface area (Å²) < 4.78 is 18.4. The smallest absolute Gasteiger partial charge is 0.311 e. The van der Waals surface area contributed by atoms with E-state index in [-0.39, 0.29) is 17.8 Å². The molecule has 1 aliphatic carbocycles. The highest BCUT2D eigenvalue weighted by molar-refractivity contribution is 5.97. The zero-order valence-electron chi connectivity index (χ0n) is 77.4. The van der Waals surface area contributed by atoms with Crippen LogP contribution in [0.1, 0.15) is 443 Å². The van der Waals surface area contributed by atoms with Gasteiger partial charge in [0.1, 0.15) is 31.0 Å². The van der Waals surface area contributed by atoms with Gasteiger partial charge in [0.05, 0.1) is 17.6 Å². The Bertz CT molecular complexity index is 2940. The second kappa shape index (κ2) is 70.8. The van der Waals surface area contributed by atoms with Gasteiger partial charge in [-0.3, -0.25) is 14.4 Å². The largest absolute Gasteiger partial charge is 0.481 e. The van der Waals surface area contributed by atoms with Gasteiger partial charge in [0.2, 0.25) is 0 Å². The van der Waals surface area contributed by atoms with E-state index in [0.717, 1.165) is 104 Å². The average Bonchev–Trinajstić information content (AvgIpc) is 0.811. The Kier molecular flexibility index (Phi) is 65.5. The lowest BCUT2D eigenvalue weighted by atomic mass is 9.72. The summed E-state index contributed by atoms with van der Waals surface area (Å²) in [7, 11) is 0. The van der Waals surface area contributed by atoms with Crippen LogP contribution >= 0.6 is 0 Å². The molecule has 11 nitrogen and oxygen atoms in total. The van der Waals surface area contributed by atoms with E-state index in [0.29, 0.717) is 38.0 Å². The molecule has 1 aliphatic heterocycles. The van der Waals surface area contributed by atoms with E-state index < -0.39 is 60.3 Å². The van der Waals surface area contributed by atoms with Crippen molar-refractivity contribution in [1.29, 1.82) is 0 Å². The maximum absolute atomic E-state index is 14.1. The highest BCUT2D eigenvalue weighted by Crippen LogP contribution is 2.40. The molecule has 670 valence electrons. The normalized spacial score (nSPS) is 19.2. The molecule has 0 aromatic rings. The first-order chi connectivity index (χ1) is 56.4. The van der Waals surface area contributed by atoms with Crippen LogP contribution in [0.15, 0.2) is 142 Å². The van der Waals surface area contributed by atoms with Crippen LogP contribution in [-0.4, -0.2) is 92.3 Å². The summed E-state index contributed by atoms with van der Waals surface area (Å²) in [5, 5.41) is 53.9. The van der Waals surface area contributed by atoms with Gasteiger partial charge in [-0.05, 0) is 142 Å². The summed E-state index contributed by atoms with van der Waals surface area (Å²) in [4.78, 5) is 37.0. The molecular formula is C106H180O11. The lowest BCUT2D eigenvalue weighted by Crippen LogP contribution is -2.60. The van der Waals surface area contributed by atoms with Crippen LogP contribution in [-0.2, 0) is 28.6 Å². The maximum Gasteiger partial charge on any atom is 0.311 e. The van der Waals surface area contributed by atoms with Crippen molar-refractivity contribution >= 4 is 17.7 Å². The minimum absolute atomic E-state index is 0.00916. The Balaban J connectivity index is 1.77. The minimum Gasteiger partial charge on any atom is -0.481 e. The molecular weight excluding hydrogens is 1450 g/mol. The van der Waals surface area contributed by atoms with Crippen molar-refractivity contribution in [2.45, 2.75) is 485 Å². The molecule has 11 heteroatoms. The molecule has 1 saturated heterocycles. The molecule has 0 aromatic heterocycles. The number of carbonyl (C=O) groups is 3. The molecule has 1 heterocycles. The summed E-state index contributed by atoms with van der Waals surface area (Å²) in [5.74, 6) is -0.930. The third-order valence-corrected chi connectivity index (χ3v) is 24.4.